The van der Waals surface area contributed by atoms with Gasteiger partial charge in [-0.2, -0.15) is 0 Å². The average molecular weight is 260 g/mol. The normalized spacial score (nSPS) is 11.4. The Morgan fingerprint density at radius 1 is 1.53 bits per heavy atom. The molecular weight excluding hydrogens is 245 g/mol. The molecule has 0 radical (unpaired) electrons. The lowest BCUT2D eigenvalue weighted by molar-refractivity contribution is 0.0473. The molecule has 0 aromatic heterocycles. The first-order valence-corrected chi connectivity index (χ1v) is 5.51. The Bertz CT molecular complexity index is 435. The van der Waals surface area contributed by atoms with Gasteiger partial charge in [0.15, 0.2) is 0 Å². The zero-order valence-electron chi connectivity index (χ0n) is 10.00. The summed E-state index contributed by atoms with van der Waals surface area (Å²) in [6.45, 7) is 3.26. The molecular formula is C12H15ClFNO2. The van der Waals surface area contributed by atoms with E-state index in [2.05, 4.69) is 0 Å². The molecule has 5 heteroatoms. The summed E-state index contributed by atoms with van der Waals surface area (Å²) in [7, 11) is 1.56. The Hall–Kier alpha value is -1.13. The minimum atomic E-state index is -0.701. The number of rotatable bonds is 3. The van der Waals surface area contributed by atoms with Crippen LogP contribution in [0.4, 0.5) is 4.39 Å². The van der Waals surface area contributed by atoms with Crippen molar-refractivity contribution in [2.45, 2.75) is 19.4 Å². The molecule has 0 aliphatic rings. The van der Waals surface area contributed by atoms with Gasteiger partial charge in [-0.05, 0) is 32.0 Å². The van der Waals surface area contributed by atoms with Gasteiger partial charge in [0.25, 0.3) is 5.91 Å². The fourth-order valence-corrected chi connectivity index (χ4v) is 1.32. The first kappa shape index (κ1) is 13.9. The molecule has 0 saturated heterocycles. The van der Waals surface area contributed by atoms with Crippen LogP contribution < -0.4 is 0 Å². The van der Waals surface area contributed by atoms with Crippen LogP contribution in [-0.4, -0.2) is 35.1 Å². The van der Waals surface area contributed by atoms with Crippen LogP contribution in [-0.2, 0) is 0 Å². The molecule has 3 nitrogen and oxygen atoms in total. The number of carbonyl (C=O) groups excluding carboxylic acids is 1. The first-order chi connectivity index (χ1) is 7.79. The molecule has 1 rings (SSSR count). The van der Waals surface area contributed by atoms with Crippen LogP contribution in [0, 0.1) is 5.82 Å². The number of aliphatic hydroxyl groups is 1. The van der Waals surface area contributed by atoms with Crippen LogP contribution in [0.1, 0.15) is 24.2 Å². The van der Waals surface area contributed by atoms with Gasteiger partial charge in [0.2, 0.25) is 0 Å². The highest BCUT2D eigenvalue weighted by molar-refractivity contribution is 6.30. The largest absolute Gasteiger partial charge is 0.394 e. The Morgan fingerprint density at radius 3 is 2.59 bits per heavy atom. The molecule has 1 aromatic carbocycles. The summed E-state index contributed by atoms with van der Waals surface area (Å²) < 4.78 is 13.2. The van der Waals surface area contributed by atoms with Crippen molar-refractivity contribution in [2.75, 3.05) is 13.7 Å². The molecule has 1 aromatic rings. The summed E-state index contributed by atoms with van der Waals surface area (Å²) in [4.78, 5) is 13.4. The molecule has 1 N–H and O–H groups in total. The summed E-state index contributed by atoms with van der Waals surface area (Å²) in [5.74, 6) is -0.993. The lowest BCUT2D eigenvalue weighted by Crippen LogP contribution is -2.47. The van der Waals surface area contributed by atoms with Crippen LogP contribution in [0.3, 0.4) is 0 Å². The predicted octanol–water partition coefficient (Wildman–Crippen LogP) is 2.32. The molecule has 0 bridgehead atoms. The second kappa shape index (κ2) is 5.02. The minimum Gasteiger partial charge on any atom is -0.394 e. The molecule has 0 saturated carbocycles. The van der Waals surface area contributed by atoms with Crippen molar-refractivity contribution in [2.24, 2.45) is 0 Å². The van der Waals surface area contributed by atoms with E-state index < -0.39 is 11.4 Å². The van der Waals surface area contributed by atoms with Crippen molar-refractivity contribution >= 4 is 17.5 Å². The Morgan fingerprint density at radius 2 is 2.12 bits per heavy atom. The van der Waals surface area contributed by atoms with E-state index in [-0.39, 0.29) is 23.1 Å². The second-order valence-corrected chi connectivity index (χ2v) is 4.87. The minimum absolute atomic E-state index is 0.0226. The molecule has 94 valence electrons. The molecule has 0 spiro atoms. The summed E-state index contributed by atoms with van der Waals surface area (Å²) >= 11 is 5.54. The highest BCUT2D eigenvalue weighted by Gasteiger charge is 2.27. The Labute approximate surface area is 105 Å². The zero-order valence-corrected chi connectivity index (χ0v) is 10.8. The van der Waals surface area contributed by atoms with Gasteiger partial charge in [-0.1, -0.05) is 11.6 Å². The van der Waals surface area contributed by atoms with Crippen LogP contribution in [0.15, 0.2) is 18.2 Å². The lowest BCUT2D eigenvalue weighted by Gasteiger charge is -2.34. The van der Waals surface area contributed by atoms with Gasteiger partial charge in [-0.15, -0.1) is 0 Å². The van der Waals surface area contributed by atoms with E-state index in [1.165, 1.54) is 17.0 Å². The number of benzene rings is 1. The maximum atomic E-state index is 13.2. The molecule has 0 heterocycles. The molecule has 0 unspecified atom stereocenters. The number of carbonyl (C=O) groups is 1. The zero-order chi connectivity index (χ0) is 13.2. The molecule has 1 amide bonds. The maximum Gasteiger partial charge on any atom is 0.254 e. The van der Waals surface area contributed by atoms with Crippen LogP contribution >= 0.6 is 11.6 Å². The molecule has 17 heavy (non-hydrogen) atoms. The van der Waals surface area contributed by atoms with Gasteiger partial charge in [-0.3, -0.25) is 4.79 Å². The smallest absolute Gasteiger partial charge is 0.254 e. The number of nitrogens with zero attached hydrogens (tertiary/aromatic N) is 1. The number of aliphatic hydroxyl groups excluding tert-OH is 1. The van der Waals surface area contributed by atoms with Crippen molar-refractivity contribution in [3.05, 3.63) is 34.6 Å². The third-order valence-electron chi connectivity index (χ3n) is 2.77. The topological polar surface area (TPSA) is 40.5 Å². The van der Waals surface area contributed by atoms with Gasteiger partial charge in [0.1, 0.15) is 5.82 Å². The second-order valence-electron chi connectivity index (χ2n) is 4.46. The molecule has 0 aliphatic carbocycles. The lowest BCUT2D eigenvalue weighted by atomic mass is 10.0. The quantitative estimate of drug-likeness (QED) is 0.905. The maximum absolute atomic E-state index is 13.2. The number of likely N-dealkylation sites (N-methyl/N-ethyl adjacent to an activating group) is 1. The van der Waals surface area contributed by atoms with Gasteiger partial charge in [-0.25, -0.2) is 4.39 Å². The fourth-order valence-electron chi connectivity index (χ4n) is 1.20. The van der Waals surface area contributed by atoms with E-state index in [9.17, 15) is 9.18 Å². The highest BCUT2D eigenvalue weighted by atomic mass is 35.5. The van der Waals surface area contributed by atoms with Gasteiger partial charge < -0.3 is 10.0 Å². The van der Waals surface area contributed by atoms with Crippen LogP contribution in [0.25, 0.3) is 0 Å². The summed E-state index contributed by atoms with van der Waals surface area (Å²) in [6, 6.07) is 3.89. The summed E-state index contributed by atoms with van der Waals surface area (Å²) in [5.41, 5.74) is -0.497. The number of halogens is 2. The van der Waals surface area contributed by atoms with Crippen molar-refractivity contribution in [1.82, 2.24) is 4.90 Å². The van der Waals surface area contributed by atoms with E-state index in [0.29, 0.717) is 0 Å². The van der Waals surface area contributed by atoms with Crippen LogP contribution in [0.2, 0.25) is 5.02 Å². The van der Waals surface area contributed by atoms with Crippen molar-refractivity contribution in [3.8, 4) is 0 Å². The summed E-state index contributed by atoms with van der Waals surface area (Å²) in [6.07, 6.45) is 0. The van der Waals surface area contributed by atoms with Gasteiger partial charge in [0.05, 0.1) is 17.2 Å². The Balaban J connectivity index is 3.01. The third-order valence-corrected chi connectivity index (χ3v) is 3.07. The fraction of sp³-hybridized carbons (Fsp3) is 0.417. The van der Waals surface area contributed by atoms with Crippen molar-refractivity contribution in [1.29, 1.82) is 0 Å². The number of hydrogen-bond donors (Lipinski definition) is 1. The van der Waals surface area contributed by atoms with E-state index in [1.54, 1.807) is 20.9 Å². The first-order valence-electron chi connectivity index (χ1n) is 5.13. The number of hydrogen-bond acceptors (Lipinski definition) is 2. The van der Waals surface area contributed by atoms with E-state index in [1.807, 2.05) is 0 Å². The molecule has 0 fully saturated rings. The SMILES string of the molecule is CN(C(=O)c1ccc(Cl)c(F)c1)C(C)(C)CO. The number of amides is 1. The molecule has 0 atom stereocenters. The predicted molar refractivity (Wildman–Crippen MR) is 64.7 cm³/mol. The third kappa shape index (κ3) is 2.96. The van der Waals surface area contributed by atoms with Gasteiger partial charge in [0, 0.05) is 12.6 Å². The van der Waals surface area contributed by atoms with E-state index in [4.69, 9.17) is 16.7 Å². The van der Waals surface area contributed by atoms with E-state index in [0.717, 1.165) is 6.07 Å². The van der Waals surface area contributed by atoms with Crippen LogP contribution in [0.5, 0.6) is 0 Å². The average Bonchev–Trinajstić information content (AvgIpc) is 2.30. The van der Waals surface area contributed by atoms with Crippen molar-refractivity contribution < 1.29 is 14.3 Å². The summed E-state index contributed by atoms with van der Waals surface area (Å²) in [5, 5.41) is 9.15. The molecule has 0 aliphatic heterocycles. The monoisotopic (exact) mass is 259 g/mol. The highest BCUT2D eigenvalue weighted by Crippen LogP contribution is 2.19. The Kier molecular flexibility index (Phi) is 4.11. The van der Waals surface area contributed by atoms with Gasteiger partial charge >= 0.3 is 0 Å². The van der Waals surface area contributed by atoms with E-state index >= 15 is 0 Å². The standard InChI is InChI=1S/C12H15ClFNO2/c1-12(2,7-16)15(3)11(17)8-4-5-9(13)10(14)6-8/h4-6,16H,7H2,1-3H3. The van der Waals surface area contributed by atoms with Crippen molar-refractivity contribution in [3.63, 3.8) is 0 Å².